The molecular weight excluding hydrogens is 869 g/mol. The van der Waals surface area contributed by atoms with E-state index in [0.29, 0.717) is 4.90 Å². The van der Waals surface area contributed by atoms with Crippen LogP contribution in [0.1, 0.15) is 22.3 Å². The lowest BCUT2D eigenvalue weighted by atomic mass is 9.68. The quantitative estimate of drug-likeness (QED) is 0.162. The summed E-state index contributed by atoms with van der Waals surface area (Å²) in [6.07, 6.45) is 0. The molecule has 5 aliphatic carbocycles. The molecule has 29 aromatic rings. The van der Waals surface area contributed by atoms with Crippen LogP contribution in [0.2, 0.25) is 0 Å². The van der Waals surface area contributed by atoms with Crippen molar-refractivity contribution in [2.45, 2.75) is 21.0 Å². The van der Waals surface area contributed by atoms with E-state index in [1.807, 2.05) is 30.3 Å². The Hall–Kier alpha value is -8.37. The van der Waals surface area contributed by atoms with Gasteiger partial charge in [-0.05, 0) is 325 Å². The zero-order valence-electron chi connectivity index (χ0n) is 35.2. The largest absolute Gasteiger partial charge is 0.223 e. The monoisotopic (exact) mass is 874 g/mol. The van der Waals surface area contributed by atoms with Gasteiger partial charge in [-0.1, -0.05) is 18.2 Å². The number of hydrogen-bond acceptors (Lipinski definition) is 2. The Bertz CT molecular complexity index is 6990. The molecule has 0 aromatic heterocycles. The molecule has 1 fully saturated rings. The van der Waals surface area contributed by atoms with Gasteiger partial charge in [0, 0.05) is 0 Å². The number of rotatable bonds is 2. The van der Waals surface area contributed by atoms with Gasteiger partial charge in [-0.25, -0.2) is 8.42 Å². The van der Waals surface area contributed by atoms with Crippen LogP contribution in [0, 0.1) is 0 Å². The summed E-state index contributed by atoms with van der Waals surface area (Å²) < 4.78 is 33.8. The molecule has 0 N–H and O–H groups in total. The summed E-state index contributed by atoms with van der Waals surface area (Å²) >= 11 is 0. The lowest BCUT2D eigenvalue weighted by molar-refractivity contribution is 0.591. The summed E-state index contributed by atoms with van der Waals surface area (Å²) in [4.78, 5) is 0.497. The Morgan fingerprint density at radius 3 is 0.514 bits per heavy atom. The summed E-state index contributed by atoms with van der Waals surface area (Å²) in [6.45, 7) is 0. The van der Waals surface area contributed by atoms with Crippen molar-refractivity contribution in [2.75, 3.05) is 0 Å². The minimum atomic E-state index is -3.92. The summed E-state index contributed by atoms with van der Waals surface area (Å²) in [5.74, 6) is 0. The second kappa shape index (κ2) is 5.69. The lowest BCUT2D eigenvalue weighted by Crippen LogP contribution is -2.27. The molecule has 1 saturated carbocycles. The Morgan fingerprint density at radius 1 is 0.214 bits per heavy atom. The second-order valence-electron chi connectivity index (χ2n) is 25.6. The molecule has 5 aliphatic rings. The SMILES string of the molecule is O=S(=O)(c1ccccc1)C1C23c4c5c6c7c8c9c(c%10c%11c2c2c4c4c%12c5c5c6c6c8c8c%13c9c9c%10c%10c%11c%11c2c2c4c4c%12c%12c5c5c6c8c6c8c%13c9c9c%10c%10c%11c2c2c4c4c%12c5c6c5c8c9c%10c2c45)C713. The zero-order valence-corrected chi connectivity index (χ0v) is 36.0. The van der Waals surface area contributed by atoms with E-state index in [1.165, 1.54) is 152 Å². The molecule has 29 aromatic carbocycles. The van der Waals surface area contributed by atoms with Crippen LogP contribution in [-0.2, 0) is 20.7 Å². The summed E-state index contributed by atoms with van der Waals surface area (Å²) in [5, 5.41) is 82.6. The van der Waals surface area contributed by atoms with Crippen LogP contribution in [-0.4, -0.2) is 13.7 Å². The maximum absolute atomic E-state index is 16.9. The van der Waals surface area contributed by atoms with Crippen LogP contribution in [0.5, 0.6) is 0 Å². The minimum absolute atomic E-state index is 0.497. The van der Waals surface area contributed by atoms with Crippen LogP contribution in [0.4, 0.5) is 0 Å². The molecule has 0 atom stereocenters. The van der Waals surface area contributed by atoms with Crippen LogP contribution in [0.25, 0.3) is 291 Å². The van der Waals surface area contributed by atoms with Crippen molar-refractivity contribution in [3.63, 3.8) is 0 Å². The highest BCUT2D eigenvalue weighted by Crippen LogP contribution is 2.91. The first-order valence-electron chi connectivity index (χ1n) is 25.8. The van der Waals surface area contributed by atoms with Gasteiger partial charge < -0.3 is 0 Å². The topological polar surface area (TPSA) is 34.1 Å². The zero-order chi connectivity index (χ0) is 41.7. The number of benzene rings is 19. The Labute approximate surface area is 380 Å². The maximum atomic E-state index is 16.9. The van der Waals surface area contributed by atoms with Crippen LogP contribution < -0.4 is 0 Å². The van der Waals surface area contributed by atoms with Gasteiger partial charge in [0.05, 0.1) is 21.0 Å². The lowest BCUT2D eigenvalue weighted by Gasteiger charge is -2.32. The number of hydrogen-bond donors (Lipinski definition) is 0. The molecule has 2 nitrogen and oxygen atoms in total. The first-order chi connectivity index (χ1) is 34.7. The van der Waals surface area contributed by atoms with Crippen molar-refractivity contribution in [3.05, 3.63) is 52.6 Å². The molecule has 0 heterocycles. The molecule has 0 bridgehead atoms. The van der Waals surface area contributed by atoms with E-state index in [1.54, 1.807) is 162 Å². The highest BCUT2D eigenvalue weighted by molar-refractivity contribution is 7.92. The highest BCUT2D eigenvalue weighted by Gasteiger charge is 2.90. The van der Waals surface area contributed by atoms with Gasteiger partial charge in [0.15, 0.2) is 9.84 Å². The van der Waals surface area contributed by atoms with Gasteiger partial charge in [0.1, 0.15) is 0 Å². The van der Waals surface area contributed by atoms with Gasteiger partial charge in [-0.3, -0.25) is 0 Å². The third-order valence-corrected chi connectivity index (χ3v) is 27.8. The Kier molecular flexibility index (Phi) is 2.10. The van der Waals surface area contributed by atoms with E-state index in [2.05, 4.69) is 0 Å². The third kappa shape index (κ3) is 1.32. The van der Waals surface area contributed by atoms with Gasteiger partial charge in [-0.15, -0.1) is 0 Å². The van der Waals surface area contributed by atoms with Crippen LogP contribution in [0.15, 0.2) is 35.2 Å². The molecule has 0 saturated heterocycles. The number of sulfone groups is 1. The average molecular weight is 875 g/mol. The fourth-order valence-electron chi connectivity index (χ4n) is 25.5. The minimum Gasteiger partial charge on any atom is -0.223 e. The van der Waals surface area contributed by atoms with Gasteiger partial charge in [-0.2, -0.15) is 0 Å². The van der Waals surface area contributed by atoms with E-state index in [0.717, 1.165) is 0 Å². The van der Waals surface area contributed by atoms with Crippen LogP contribution >= 0.6 is 0 Å². The van der Waals surface area contributed by atoms with Crippen molar-refractivity contribution in [1.29, 1.82) is 0 Å². The first kappa shape index (κ1) is 25.8. The Morgan fingerprint density at radius 2 is 0.357 bits per heavy atom. The van der Waals surface area contributed by atoms with E-state index >= 15 is 8.42 Å². The highest BCUT2D eigenvalue weighted by atomic mass is 32.2. The van der Waals surface area contributed by atoms with E-state index in [-0.39, 0.29) is 0 Å². The fourth-order valence-corrected chi connectivity index (χ4v) is 28.1. The van der Waals surface area contributed by atoms with E-state index < -0.39 is 25.9 Å². The molecule has 3 heteroatoms. The van der Waals surface area contributed by atoms with Gasteiger partial charge in [0.2, 0.25) is 0 Å². The van der Waals surface area contributed by atoms with Crippen molar-refractivity contribution in [2.24, 2.45) is 0 Å². The molecule has 0 amide bonds. The van der Waals surface area contributed by atoms with Crippen molar-refractivity contribution >= 4 is 301 Å². The summed E-state index contributed by atoms with van der Waals surface area (Å²) in [7, 11) is -3.92. The van der Waals surface area contributed by atoms with Crippen molar-refractivity contribution in [1.82, 2.24) is 0 Å². The average Bonchev–Trinajstić information content (AvgIpc) is 4.31. The smallest absolute Gasteiger partial charge is 0.183 e. The molecule has 0 radical (unpaired) electrons. The maximum Gasteiger partial charge on any atom is 0.183 e. The Balaban J connectivity index is 1.17. The van der Waals surface area contributed by atoms with Crippen molar-refractivity contribution < 1.29 is 8.42 Å². The predicted molar refractivity (Wildman–Crippen MR) is 291 cm³/mol. The van der Waals surface area contributed by atoms with E-state index in [9.17, 15) is 0 Å². The predicted octanol–water partition coefficient (Wildman–Crippen LogP) is 17.2. The molecule has 34 rings (SSSR count). The molecule has 0 aliphatic heterocycles. The molecular formula is C67H6O2S. The standard InChI is InChI=1S/C67H6O2S/c68-70(69,6-4-2-1-3-5-6)65-66-61-53-45-35-25-17-9-7-8-11-15-13(9)21-29-23(15)33-27-19(11)20-12(8)16-14-10(7)18(17)26-32-22(14)30-24(16)34-28(20)38-37(27)47-41(33)51-43(29)49(39(45)31(21)25)57(61)59(51)63-55(47)56-48(38)42(34)52-44(30)50-40(32)46(36(26)35)54(53)62(66)58(50)60(52)64(56)67(63,65)66/h1-5,65H. The van der Waals surface area contributed by atoms with Crippen LogP contribution in [0.3, 0.4) is 0 Å². The van der Waals surface area contributed by atoms with E-state index in [4.69, 9.17) is 0 Å². The third-order valence-electron chi connectivity index (χ3n) is 25.5. The second-order valence-corrected chi connectivity index (χ2v) is 27.6. The van der Waals surface area contributed by atoms with Gasteiger partial charge >= 0.3 is 0 Å². The van der Waals surface area contributed by atoms with Gasteiger partial charge in [0.25, 0.3) is 0 Å². The first-order valence-corrected chi connectivity index (χ1v) is 27.3. The fraction of sp³-hybridized carbons (Fsp3) is 0.0448. The summed E-state index contributed by atoms with van der Waals surface area (Å²) in [6, 6.07) is 9.81. The normalized spacial score (nSPS) is 23.5. The molecule has 70 heavy (non-hydrogen) atoms. The molecule has 0 unspecified atom stereocenters. The summed E-state index contributed by atoms with van der Waals surface area (Å²) in [5.41, 5.74) is 4.29. The van der Waals surface area contributed by atoms with Crippen molar-refractivity contribution in [3.8, 4) is 0 Å². The molecule has 292 valence electrons. The molecule has 2 spiro atoms.